The smallest absolute Gasteiger partial charge is 0.279 e. The largest absolute Gasteiger partial charge is 0.496 e. The van der Waals surface area contributed by atoms with Gasteiger partial charge in [0.2, 0.25) is 0 Å². The average Bonchev–Trinajstić information content (AvgIpc) is 2.28. The molecule has 0 fully saturated rings. The minimum Gasteiger partial charge on any atom is -0.496 e. The van der Waals surface area contributed by atoms with E-state index in [1.807, 2.05) is 0 Å². The first kappa shape index (κ1) is 13.0. The number of benzene rings is 1. The Morgan fingerprint density at radius 3 is 2.94 bits per heavy atom. The molecule has 88 valence electrons. The second kappa shape index (κ2) is 6.47. The van der Waals surface area contributed by atoms with E-state index in [4.69, 9.17) is 14.7 Å². The Labute approximate surface area is 101 Å². The number of methoxy groups -OCH3 is 1. The molecule has 1 aromatic carbocycles. The lowest BCUT2D eigenvalue weighted by Crippen LogP contribution is -2.25. The number of ether oxygens (including phenoxy) is 1. The zero-order valence-corrected chi connectivity index (χ0v) is 10.3. The fourth-order valence-electron chi connectivity index (χ4n) is 1.11. The quantitative estimate of drug-likeness (QED) is 0.629. The molecule has 0 bridgehead atoms. The molecule has 1 rings (SSSR count). The van der Waals surface area contributed by atoms with Gasteiger partial charge in [0.15, 0.2) is 0 Å². The number of aliphatic hydroxyl groups is 1. The van der Waals surface area contributed by atoms with Crippen molar-refractivity contribution in [3.63, 3.8) is 0 Å². The van der Waals surface area contributed by atoms with E-state index in [0.717, 1.165) is 0 Å². The van der Waals surface area contributed by atoms with Crippen molar-refractivity contribution in [1.29, 1.82) is 0 Å². The molecule has 1 aromatic rings. The molecular formula is C10H12BrNO4. The molecule has 0 spiro atoms. The molecule has 0 aromatic heterocycles. The molecule has 0 aliphatic carbocycles. The number of hydrogen-bond acceptors (Lipinski definition) is 4. The number of amides is 1. The third-order valence-corrected chi connectivity index (χ3v) is 2.44. The normalized spacial score (nSPS) is 9.94. The van der Waals surface area contributed by atoms with Crippen molar-refractivity contribution in [3.8, 4) is 5.75 Å². The van der Waals surface area contributed by atoms with Crippen LogP contribution in [0.4, 0.5) is 0 Å². The molecule has 0 aliphatic heterocycles. The second-order valence-corrected chi connectivity index (χ2v) is 3.67. The minimum atomic E-state index is -0.433. The third kappa shape index (κ3) is 3.19. The first-order chi connectivity index (χ1) is 7.70. The summed E-state index contributed by atoms with van der Waals surface area (Å²) >= 11 is 3.25. The van der Waals surface area contributed by atoms with E-state index in [-0.39, 0.29) is 13.2 Å². The molecule has 0 saturated heterocycles. The lowest BCUT2D eigenvalue weighted by atomic mass is 10.2. The Hall–Kier alpha value is -1.11. The summed E-state index contributed by atoms with van der Waals surface area (Å²) in [7, 11) is 1.48. The van der Waals surface area contributed by atoms with Crippen LogP contribution < -0.4 is 10.2 Å². The second-order valence-electron chi connectivity index (χ2n) is 2.82. The molecule has 0 unspecified atom stereocenters. The third-order valence-electron chi connectivity index (χ3n) is 1.78. The SMILES string of the molecule is COc1cccc(Br)c1C(=O)NOCCO. The number of hydrogen-bond donors (Lipinski definition) is 2. The molecule has 6 heteroatoms. The molecule has 0 atom stereocenters. The monoisotopic (exact) mass is 289 g/mol. The van der Waals surface area contributed by atoms with Crippen LogP contribution in [0, 0.1) is 0 Å². The number of carbonyl (C=O) groups is 1. The maximum Gasteiger partial charge on any atom is 0.279 e. The highest BCUT2D eigenvalue weighted by Gasteiger charge is 2.15. The summed E-state index contributed by atoms with van der Waals surface area (Å²) in [5.41, 5.74) is 2.56. The van der Waals surface area contributed by atoms with Gasteiger partial charge >= 0.3 is 0 Å². The van der Waals surface area contributed by atoms with E-state index in [2.05, 4.69) is 21.4 Å². The average molecular weight is 290 g/mol. The number of nitrogens with one attached hydrogen (secondary N) is 1. The molecule has 2 N–H and O–H groups in total. The van der Waals surface area contributed by atoms with E-state index in [9.17, 15) is 4.79 Å². The van der Waals surface area contributed by atoms with Crippen LogP contribution in [0.15, 0.2) is 22.7 Å². The molecule has 0 heterocycles. The lowest BCUT2D eigenvalue weighted by molar-refractivity contribution is 0.0166. The Bertz CT molecular complexity index is 370. The Morgan fingerprint density at radius 2 is 2.31 bits per heavy atom. The fraction of sp³-hybridized carbons (Fsp3) is 0.300. The van der Waals surface area contributed by atoms with Gasteiger partial charge in [-0.2, -0.15) is 0 Å². The maximum absolute atomic E-state index is 11.7. The molecule has 0 saturated carbocycles. The van der Waals surface area contributed by atoms with Crippen LogP contribution in [-0.4, -0.2) is 31.3 Å². The molecule has 5 nitrogen and oxygen atoms in total. The Kier molecular flexibility index (Phi) is 5.24. The molecule has 0 radical (unpaired) electrons. The highest BCUT2D eigenvalue weighted by molar-refractivity contribution is 9.10. The van der Waals surface area contributed by atoms with E-state index in [0.29, 0.717) is 15.8 Å². The van der Waals surface area contributed by atoms with Crippen LogP contribution in [-0.2, 0) is 4.84 Å². The zero-order chi connectivity index (χ0) is 12.0. The number of halogens is 1. The van der Waals surface area contributed by atoms with E-state index in [1.165, 1.54) is 7.11 Å². The van der Waals surface area contributed by atoms with Gasteiger partial charge in [-0.15, -0.1) is 0 Å². The van der Waals surface area contributed by atoms with Crippen LogP contribution >= 0.6 is 15.9 Å². The summed E-state index contributed by atoms with van der Waals surface area (Å²) in [4.78, 5) is 16.4. The van der Waals surface area contributed by atoms with Crippen LogP contribution in [0.3, 0.4) is 0 Å². The van der Waals surface area contributed by atoms with Crippen molar-refractivity contribution < 1.29 is 19.5 Å². The summed E-state index contributed by atoms with van der Waals surface area (Å²) < 4.78 is 5.67. The van der Waals surface area contributed by atoms with Gasteiger partial charge in [-0.25, -0.2) is 5.48 Å². The fourth-order valence-corrected chi connectivity index (χ4v) is 1.64. The predicted octanol–water partition coefficient (Wildman–Crippen LogP) is 1.11. The van der Waals surface area contributed by atoms with Gasteiger partial charge in [-0.05, 0) is 28.1 Å². The van der Waals surface area contributed by atoms with Crippen molar-refractivity contribution in [2.45, 2.75) is 0 Å². The number of hydroxylamine groups is 1. The van der Waals surface area contributed by atoms with Gasteiger partial charge in [-0.1, -0.05) is 6.07 Å². The number of rotatable bonds is 5. The van der Waals surface area contributed by atoms with Crippen molar-refractivity contribution >= 4 is 21.8 Å². The standard InChI is InChI=1S/C10H12BrNO4/c1-15-8-4-2-3-7(11)9(8)10(14)12-16-6-5-13/h2-4,13H,5-6H2,1H3,(H,12,14). The first-order valence-corrected chi connectivity index (χ1v) is 5.35. The Balaban J connectivity index is 2.81. The number of carbonyl (C=O) groups excluding carboxylic acids is 1. The molecule has 16 heavy (non-hydrogen) atoms. The van der Waals surface area contributed by atoms with Gasteiger partial charge in [0, 0.05) is 4.47 Å². The summed E-state index contributed by atoms with van der Waals surface area (Å²) in [5.74, 6) is 0.0113. The van der Waals surface area contributed by atoms with Crippen molar-refractivity contribution in [2.24, 2.45) is 0 Å². The van der Waals surface area contributed by atoms with Gasteiger partial charge in [0.05, 0.1) is 25.9 Å². The van der Waals surface area contributed by atoms with Gasteiger partial charge in [0.1, 0.15) is 5.75 Å². The maximum atomic E-state index is 11.7. The van der Waals surface area contributed by atoms with Crippen molar-refractivity contribution in [3.05, 3.63) is 28.2 Å². The van der Waals surface area contributed by atoms with Crippen LogP contribution in [0.25, 0.3) is 0 Å². The Morgan fingerprint density at radius 1 is 1.56 bits per heavy atom. The predicted molar refractivity (Wildman–Crippen MR) is 61.2 cm³/mol. The van der Waals surface area contributed by atoms with E-state index in [1.54, 1.807) is 18.2 Å². The first-order valence-electron chi connectivity index (χ1n) is 4.56. The van der Waals surface area contributed by atoms with E-state index >= 15 is 0 Å². The summed E-state index contributed by atoms with van der Waals surface area (Å²) in [6, 6.07) is 5.16. The molecule has 1 amide bonds. The van der Waals surface area contributed by atoms with E-state index < -0.39 is 5.91 Å². The zero-order valence-electron chi connectivity index (χ0n) is 8.70. The topological polar surface area (TPSA) is 67.8 Å². The van der Waals surface area contributed by atoms with Crippen LogP contribution in [0.5, 0.6) is 5.75 Å². The molecular weight excluding hydrogens is 278 g/mol. The molecule has 0 aliphatic rings. The summed E-state index contributed by atoms with van der Waals surface area (Å²) in [5, 5.41) is 8.49. The van der Waals surface area contributed by atoms with Gasteiger partial charge in [-0.3, -0.25) is 9.63 Å². The summed E-state index contributed by atoms with van der Waals surface area (Å²) in [6.45, 7) is -0.119. The van der Waals surface area contributed by atoms with Crippen molar-refractivity contribution in [2.75, 3.05) is 20.3 Å². The van der Waals surface area contributed by atoms with Gasteiger partial charge < -0.3 is 9.84 Å². The van der Waals surface area contributed by atoms with Crippen molar-refractivity contribution in [1.82, 2.24) is 5.48 Å². The lowest BCUT2D eigenvalue weighted by Gasteiger charge is -2.10. The summed E-state index contributed by atoms with van der Waals surface area (Å²) in [6.07, 6.45) is 0. The van der Waals surface area contributed by atoms with Gasteiger partial charge in [0.25, 0.3) is 5.91 Å². The minimum absolute atomic E-state index is 0.0402. The van der Waals surface area contributed by atoms with Crippen LogP contribution in [0.1, 0.15) is 10.4 Å². The number of aliphatic hydroxyl groups excluding tert-OH is 1. The highest BCUT2D eigenvalue weighted by atomic mass is 79.9. The highest BCUT2D eigenvalue weighted by Crippen LogP contribution is 2.26. The van der Waals surface area contributed by atoms with Crippen LogP contribution in [0.2, 0.25) is 0 Å².